The molecule has 0 saturated carbocycles. The van der Waals surface area contributed by atoms with E-state index in [-0.39, 0.29) is 5.56 Å². The highest BCUT2D eigenvalue weighted by atomic mass is 16.1. The van der Waals surface area contributed by atoms with Gasteiger partial charge in [-0.1, -0.05) is 18.2 Å². The molecule has 0 amide bonds. The van der Waals surface area contributed by atoms with Gasteiger partial charge in [0.05, 0.1) is 24.4 Å². The van der Waals surface area contributed by atoms with Gasteiger partial charge in [0.15, 0.2) is 0 Å². The van der Waals surface area contributed by atoms with Crippen molar-refractivity contribution in [3.63, 3.8) is 0 Å². The van der Waals surface area contributed by atoms with Gasteiger partial charge in [0.25, 0.3) is 5.56 Å². The Labute approximate surface area is 144 Å². The number of anilines is 1. The van der Waals surface area contributed by atoms with Crippen molar-refractivity contribution in [3.8, 4) is 6.07 Å². The first-order valence-electron chi connectivity index (χ1n) is 8.29. The molecular formula is C18H18N6O. The van der Waals surface area contributed by atoms with Crippen molar-refractivity contribution in [1.29, 1.82) is 5.26 Å². The molecule has 4 rings (SSSR count). The maximum Gasteiger partial charge on any atom is 0.276 e. The third kappa shape index (κ3) is 2.77. The highest BCUT2D eigenvalue weighted by Crippen LogP contribution is 2.20. The number of benzene rings is 1. The molecule has 0 atom stereocenters. The zero-order valence-corrected chi connectivity index (χ0v) is 13.7. The lowest BCUT2D eigenvalue weighted by atomic mass is 10.1. The van der Waals surface area contributed by atoms with E-state index in [1.54, 1.807) is 12.3 Å². The van der Waals surface area contributed by atoms with E-state index in [1.165, 1.54) is 4.52 Å². The number of nitrogens with zero attached hydrogens (tertiary/aromatic N) is 5. The average molecular weight is 334 g/mol. The van der Waals surface area contributed by atoms with E-state index < -0.39 is 0 Å². The second-order valence-corrected chi connectivity index (χ2v) is 6.03. The molecule has 7 nitrogen and oxygen atoms in total. The van der Waals surface area contributed by atoms with Gasteiger partial charge in [0.2, 0.25) is 0 Å². The molecule has 2 aromatic heterocycles. The lowest BCUT2D eigenvalue weighted by molar-refractivity contribution is 0.572. The summed E-state index contributed by atoms with van der Waals surface area (Å²) in [6, 6.07) is 13.3. The highest BCUT2D eigenvalue weighted by Gasteiger charge is 2.18. The Morgan fingerprint density at radius 3 is 2.80 bits per heavy atom. The van der Waals surface area contributed by atoms with Crippen LogP contribution in [0.5, 0.6) is 0 Å². The van der Waals surface area contributed by atoms with Gasteiger partial charge in [0, 0.05) is 38.3 Å². The second kappa shape index (κ2) is 6.42. The summed E-state index contributed by atoms with van der Waals surface area (Å²) >= 11 is 0. The first-order chi connectivity index (χ1) is 12.3. The monoisotopic (exact) mass is 334 g/mol. The summed E-state index contributed by atoms with van der Waals surface area (Å²) in [7, 11) is 0. The Morgan fingerprint density at radius 2 is 2.00 bits per heavy atom. The summed E-state index contributed by atoms with van der Waals surface area (Å²) in [5.74, 6) is 0.868. The number of fused-ring (bicyclic) bond motifs is 1. The minimum atomic E-state index is -0.140. The maximum absolute atomic E-state index is 12.4. The molecule has 0 bridgehead atoms. The number of nitrogens with one attached hydrogen (secondary N) is 1. The molecule has 1 N–H and O–H groups in total. The van der Waals surface area contributed by atoms with Gasteiger partial charge in [-0.2, -0.15) is 14.9 Å². The van der Waals surface area contributed by atoms with E-state index in [9.17, 15) is 10.1 Å². The van der Waals surface area contributed by atoms with Crippen molar-refractivity contribution in [2.75, 3.05) is 31.1 Å². The van der Waals surface area contributed by atoms with Gasteiger partial charge in [-0.3, -0.25) is 4.79 Å². The standard InChI is InChI=1S/C18H18N6O/c19-12-14-3-1-2-4-15(14)13-23-16-5-6-21-24(16)18(25)11-17(23)22-9-7-20-8-10-22/h1-6,11,20H,7-10,13H2. The summed E-state index contributed by atoms with van der Waals surface area (Å²) in [5.41, 5.74) is 2.16. The van der Waals surface area contributed by atoms with Crippen LogP contribution in [0, 0.1) is 11.3 Å². The summed E-state index contributed by atoms with van der Waals surface area (Å²) in [4.78, 5) is 14.6. The van der Waals surface area contributed by atoms with Crippen LogP contribution in [0.25, 0.3) is 5.65 Å². The Kier molecular flexibility index (Phi) is 3.96. The minimum Gasteiger partial charge on any atom is -0.355 e. The van der Waals surface area contributed by atoms with Crippen LogP contribution < -0.4 is 15.8 Å². The van der Waals surface area contributed by atoms with Gasteiger partial charge in [-0.05, 0) is 11.6 Å². The lowest BCUT2D eigenvalue weighted by Gasteiger charge is -2.32. The van der Waals surface area contributed by atoms with E-state index in [0.717, 1.165) is 43.2 Å². The fourth-order valence-electron chi connectivity index (χ4n) is 3.29. The number of aromatic nitrogens is 3. The van der Waals surface area contributed by atoms with E-state index in [2.05, 4.69) is 26.0 Å². The maximum atomic E-state index is 12.4. The van der Waals surface area contributed by atoms with Crippen LogP contribution in [0.3, 0.4) is 0 Å². The average Bonchev–Trinajstić information content (AvgIpc) is 3.15. The Bertz CT molecular complexity index is 1010. The topological polar surface area (TPSA) is 78.4 Å². The van der Waals surface area contributed by atoms with Crippen molar-refractivity contribution < 1.29 is 0 Å². The van der Waals surface area contributed by atoms with Crippen molar-refractivity contribution in [2.24, 2.45) is 0 Å². The minimum absolute atomic E-state index is 0.140. The number of hydrogen-bond acceptors (Lipinski definition) is 5. The fraction of sp³-hybridized carbons (Fsp3) is 0.278. The molecule has 0 aliphatic carbocycles. The molecule has 25 heavy (non-hydrogen) atoms. The molecule has 1 aliphatic heterocycles. The lowest BCUT2D eigenvalue weighted by Crippen LogP contribution is -2.45. The molecule has 1 saturated heterocycles. The zero-order valence-electron chi connectivity index (χ0n) is 13.7. The molecular weight excluding hydrogens is 316 g/mol. The number of piperazine rings is 1. The van der Waals surface area contributed by atoms with Crippen LogP contribution in [0.2, 0.25) is 0 Å². The van der Waals surface area contributed by atoms with E-state index in [1.807, 2.05) is 30.3 Å². The van der Waals surface area contributed by atoms with Crippen LogP contribution >= 0.6 is 0 Å². The predicted octanol–water partition coefficient (Wildman–Crippen LogP) is 0.826. The largest absolute Gasteiger partial charge is 0.355 e. The third-order valence-electron chi connectivity index (χ3n) is 4.54. The number of rotatable bonds is 3. The van der Waals surface area contributed by atoms with E-state index in [0.29, 0.717) is 12.1 Å². The summed E-state index contributed by atoms with van der Waals surface area (Å²) in [6.45, 7) is 3.95. The Hall–Kier alpha value is -3.11. The van der Waals surface area contributed by atoms with Crippen molar-refractivity contribution in [1.82, 2.24) is 19.5 Å². The Morgan fingerprint density at radius 1 is 1.20 bits per heavy atom. The first kappa shape index (κ1) is 15.4. The normalized spacial score (nSPS) is 14.6. The van der Waals surface area contributed by atoms with Gasteiger partial charge in [-0.15, -0.1) is 0 Å². The highest BCUT2D eigenvalue weighted by molar-refractivity contribution is 5.52. The van der Waals surface area contributed by atoms with Crippen LogP contribution in [-0.4, -0.2) is 40.4 Å². The van der Waals surface area contributed by atoms with E-state index >= 15 is 0 Å². The molecule has 0 spiro atoms. The fourth-order valence-corrected chi connectivity index (χ4v) is 3.29. The molecule has 3 aromatic rings. The molecule has 0 radical (unpaired) electrons. The zero-order chi connectivity index (χ0) is 17.2. The van der Waals surface area contributed by atoms with Crippen LogP contribution in [0.1, 0.15) is 11.1 Å². The van der Waals surface area contributed by atoms with Crippen molar-refractivity contribution in [2.45, 2.75) is 6.54 Å². The molecule has 0 unspecified atom stereocenters. The smallest absolute Gasteiger partial charge is 0.276 e. The van der Waals surface area contributed by atoms with Crippen LogP contribution in [0.15, 0.2) is 47.4 Å². The molecule has 7 heteroatoms. The molecule has 1 aliphatic rings. The summed E-state index contributed by atoms with van der Waals surface area (Å²) in [5, 5.41) is 16.9. The van der Waals surface area contributed by atoms with Crippen LogP contribution in [0.4, 0.5) is 5.82 Å². The first-order valence-corrected chi connectivity index (χ1v) is 8.29. The summed E-state index contributed by atoms with van der Waals surface area (Å²) in [6.07, 6.45) is 1.63. The number of nitriles is 1. The summed E-state index contributed by atoms with van der Waals surface area (Å²) < 4.78 is 3.47. The number of hydrogen-bond donors (Lipinski definition) is 1. The predicted molar refractivity (Wildman–Crippen MR) is 94.8 cm³/mol. The van der Waals surface area contributed by atoms with Gasteiger partial charge in [-0.25, -0.2) is 0 Å². The third-order valence-corrected chi connectivity index (χ3v) is 4.54. The Balaban J connectivity index is 1.88. The molecule has 3 heterocycles. The van der Waals surface area contributed by atoms with Crippen LogP contribution in [-0.2, 0) is 6.54 Å². The van der Waals surface area contributed by atoms with Gasteiger partial charge < -0.3 is 14.8 Å². The molecule has 1 fully saturated rings. The van der Waals surface area contributed by atoms with Crippen molar-refractivity contribution >= 4 is 11.5 Å². The molecule has 126 valence electrons. The quantitative estimate of drug-likeness (QED) is 0.767. The van der Waals surface area contributed by atoms with Gasteiger partial charge in [0.1, 0.15) is 11.5 Å². The second-order valence-electron chi connectivity index (χ2n) is 6.03. The molecule has 1 aromatic carbocycles. The van der Waals surface area contributed by atoms with Crippen molar-refractivity contribution in [3.05, 3.63) is 64.1 Å². The van der Waals surface area contributed by atoms with Gasteiger partial charge >= 0.3 is 0 Å². The van der Waals surface area contributed by atoms with E-state index in [4.69, 9.17) is 0 Å². The SMILES string of the molecule is N#Cc1ccccc1Cn1c(N2CCNCC2)cc(=O)n2nccc12.